The average molecular weight is 390 g/mol. The van der Waals surface area contributed by atoms with E-state index in [4.69, 9.17) is 0 Å². The van der Waals surface area contributed by atoms with Gasteiger partial charge in [0.15, 0.2) is 0 Å². The summed E-state index contributed by atoms with van der Waals surface area (Å²) in [4.78, 5) is 45.0. The fourth-order valence-corrected chi connectivity index (χ4v) is 3.49. The third-order valence-electron chi connectivity index (χ3n) is 5.16. The van der Waals surface area contributed by atoms with E-state index >= 15 is 0 Å². The van der Waals surface area contributed by atoms with Gasteiger partial charge in [-0.05, 0) is 35.7 Å². The summed E-state index contributed by atoms with van der Waals surface area (Å²) in [6, 6.07) is 14.4. The summed E-state index contributed by atoms with van der Waals surface area (Å²) in [7, 11) is 0. The van der Waals surface area contributed by atoms with Crippen molar-refractivity contribution in [2.45, 2.75) is 26.3 Å². The zero-order chi connectivity index (χ0) is 20.5. The minimum Gasteiger partial charge on any atom is -0.327 e. The number of hydrogen-bond donors (Lipinski definition) is 0. The maximum atomic E-state index is 12.7. The summed E-state index contributed by atoms with van der Waals surface area (Å²) in [5, 5.41) is 0. The number of carbonyl (C=O) groups is 2. The van der Waals surface area contributed by atoms with Crippen molar-refractivity contribution in [2.24, 2.45) is 0 Å². The number of rotatable bonds is 4. The lowest BCUT2D eigenvalue weighted by molar-refractivity contribution is -0.146. The van der Waals surface area contributed by atoms with E-state index in [1.165, 1.54) is 25.8 Å². The van der Waals surface area contributed by atoms with Gasteiger partial charge in [0.2, 0.25) is 0 Å². The molecule has 0 spiro atoms. The molecule has 1 saturated heterocycles. The maximum Gasteiger partial charge on any atom is 0.316 e. The van der Waals surface area contributed by atoms with Crippen molar-refractivity contribution < 1.29 is 9.59 Å². The lowest BCUT2D eigenvalue weighted by Crippen LogP contribution is -2.54. The highest BCUT2D eigenvalue weighted by atomic mass is 16.2. The van der Waals surface area contributed by atoms with Crippen molar-refractivity contribution in [1.29, 1.82) is 0 Å². The van der Waals surface area contributed by atoms with Gasteiger partial charge in [0.05, 0.1) is 12.2 Å². The number of nitrogens with zero attached hydrogens (tertiary/aromatic N) is 4. The molecule has 0 saturated carbocycles. The zero-order valence-electron chi connectivity index (χ0n) is 16.4. The second-order valence-corrected chi connectivity index (χ2v) is 7.44. The van der Waals surface area contributed by atoms with E-state index in [1.807, 2.05) is 24.3 Å². The molecule has 0 bridgehead atoms. The number of aromatic nitrogens is 2. The lowest BCUT2D eigenvalue weighted by Gasteiger charge is -2.33. The van der Waals surface area contributed by atoms with Crippen molar-refractivity contribution in [3.63, 3.8) is 0 Å². The van der Waals surface area contributed by atoms with E-state index in [-0.39, 0.29) is 12.1 Å². The number of piperazine rings is 1. The second kappa shape index (κ2) is 7.50. The molecule has 3 heterocycles. The smallest absolute Gasteiger partial charge is 0.316 e. The highest BCUT2D eigenvalue weighted by molar-refractivity contribution is 6.40. The van der Waals surface area contributed by atoms with Crippen LogP contribution in [0.4, 0.5) is 5.69 Å². The van der Waals surface area contributed by atoms with Crippen LogP contribution in [0.3, 0.4) is 0 Å². The summed E-state index contributed by atoms with van der Waals surface area (Å²) in [5.41, 5.74) is 2.66. The standard InChI is InChI=1S/C22H22N4O3/c1-15(2)16-6-8-18(9-7-16)25-12-11-24(21(28)22(25)29)14-17-13-20(27)26-10-4-3-5-19(26)23-17/h3-10,13,15H,11-12,14H2,1-2H3. The van der Waals surface area contributed by atoms with Gasteiger partial charge in [-0.25, -0.2) is 4.98 Å². The Morgan fingerprint density at radius 1 is 0.966 bits per heavy atom. The van der Waals surface area contributed by atoms with Crippen LogP contribution in [0.1, 0.15) is 31.0 Å². The van der Waals surface area contributed by atoms with Crippen molar-refractivity contribution in [3.8, 4) is 0 Å². The van der Waals surface area contributed by atoms with Gasteiger partial charge in [0.25, 0.3) is 5.56 Å². The van der Waals surface area contributed by atoms with E-state index in [0.717, 1.165) is 5.69 Å². The fourth-order valence-electron chi connectivity index (χ4n) is 3.49. The van der Waals surface area contributed by atoms with Crippen LogP contribution in [-0.2, 0) is 16.1 Å². The molecule has 0 radical (unpaired) electrons. The predicted octanol–water partition coefficient (Wildman–Crippen LogP) is 2.19. The molecule has 1 aromatic carbocycles. The molecule has 1 fully saturated rings. The Morgan fingerprint density at radius 2 is 1.72 bits per heavy atom. The number of amides is 2. The van der Waals surface area contributed by atoms with Gasteiger partial charge in [0, 0.05) is 31.0 Å². The number of hydrogen-bond acceptors (Lipinski definition) is 4. The van der Waals surface area contributed by atoms with Gasteiger partial charge in [-0.3, -0.25) is 18.8 Å². The Hall–Kier alpha value is -3.48. The zero-order valence-corrected chi connectivity index (χ0v) is 16.4. The molecule has 0 N–H and O–H groups in total. The largest absolute Gasteiger partial charge is 0.327 e. The Kier molecular flexibility index (Phi) is 4.88. The van der Waals surface area contributed by atoms with E-state index in [2.05, 4.69) is 18.8 Å². The molecule has 0 unspecified atom stereocenters. The summed E-state index contributed by atoms with van der Waals surface area (Å²) >= 11 is 0. The summed E-state index contributed by atoms with van der Waals surface area (Å²) in [6.45, 7) is 5.13. The predicted molar refractivity (Wildman–Crippen MR) is 110 cm³/mol. The van der Waals surface area contributed by atoms with Crippen molar-refractivity contribution >= 4 is 23.1 Å². The van der Waals surface area contributed by atoms with Gasteiger partial charge in [0.1, 0.15) is 5.65 Å². The maximum absolute atomic E-state index is 12.7. The molecule has 1 aliphatic rings. The van der Waals surface area contributed by atoms with Gasteiger partial charge in [-0.15, -0.1) is 0 Å². The quantitative estimate of drug-likeness (QED) is 0.640. The van der Waals surface area contributed by atoms with Crippen molar-refractivity contribution in [2.75, 3.05) is 18.0 Å². The van der Waals surface area contributed by atoms with E-state index in [0.29, 0.717) is 30.3 Å². The van der Waals surface area contributed by atoms with Crippen LogP contribution in [0.25, 0.3) is 5.65 Å². The van der Waals surface area contributed by atoms with Gasteiger partial charge in [-0.1, -0.05) is 32.0 Å². The first kappa shape index (κ1) is 18.9. The topological polar surface area (TPSA) is 75.0 Å². The van der Waals surface area contributed by atoms with E-state index in [9.17, 15) is 14.4 Å². The summed E-state index contributed by atoms with van der Waals surface area (Å²) < 4.78 is 1.44. The van der Waals surface area contributed by atoms with Gasteiger partial charge < -0.3 is 9.80 Å². The number of benzene rings is 1. The normalized spacial score (nSPS) is 14.9. The molecule has 2 amide bonds. The highest BCUT2D eigenvalue weighted by Crippen LogP contribution is 2.22. The SMILES string of the molecule is CC(C)c1ccc(N2CCN(Cc3cc(=O)n4ccccc4n3)C(=O)C2=O)cc1. The molecule has 0 atom stereocenters. The third kappa shape index (κ3) is 3.63. The van der Waals surface area contributed by atoms with Crippen LogP contribution in [0, 0.1) is 0 Å². The molecule has 148 valence electrons. The Morgan fingerprint density at radius 3 is 2.45 bits per heavy atom. The van der Waals surface area contributed by atoms with Gasteiger partial charge in [-0.2, -0.15) is 0 Å². The molecule has 29 heavy (non-hydrogen) atoms. The molecule has 1 aliphatic heterocycles. The van der Waals surface area contributed by atoms with E-state index in [1.54, 1.807) is 24.4 Å². The molecular weight excluding hydrogens is 368 g/mol. The first-order valence-corrected chi connectivity index (χ1v) is 9.62. The lowest BCUT2D eigenvalue weighted by atomic mass is 10.0. The highest BCUT2D eigenvalue weighted by Gasteiger charge is 2.33. The number of carbonyl (C=O) groups excluding carboxylic acids is 2. The van der Waals surface area contributed by atoms with Crippen LogP contribution < -0.4 is 10.5 Å². The van der Waals surface area contributed by atoms with Crippen LogP contribution in [0.15, 0.2) is 59.5 Å². The Bertz CT molecular complexity index is 1130. The van der Waals surface area contributed by atoms with Crippen LogP contribution in [-0.4, -0.2) is 39.2 Å². The second-order valence-electron chi connectivity index (χ2n) is 7.44. The molecule has 7 heteroatoms. The Labute approximate surface area is 168 Å². The number of fused-ring (bicyclic) bond motifs is 1. The average Bonchev–Trinajstić information content (AvgIpc) is 2.72. The van der Waals surface area contributed by atoms with E-state index < -0.39 is 11.8 Å². The van der Waals surface area contributed by atoms with Crippen LogP contribution in [0.2, 0.25) is 0 Å². The van der Waals surface area contributed by atoms with Gasteiger partial charge >= 0.3 is 11.8 Å². The summed E-state index contributed by atoms with van der Waals surface area (Å²) in [5.74, 6) is -0.748. The Balaban J connectivity index is 1.52. The molecule has 7 nitrogen and oxygen atoms in total. The minimum atomic E-state index is -0.584. The molecule has 4 rings (SSSR count). The number of anilines is 1. The first-order chi connectivity index (χ1) is 13.9. The fraction of sp³-hybridized carbons (Fsp3) is 0.273. The monoisotopic (exact) mass is 390 g/mol. The van der Waals surface area contributed by atoms with Crippen molar-refractivity contribution in [3.05, 3.63) is 76.3 Å². The minimum absolute atomic E-state index is 0.130. The van der Waals surface area contributed by atoms with Crippen LogP contribution >= 0.6 is 0 Å². The van der Waals surface area contributed by atoms with Crippen LogP contribution in [0.5, 0.6) is 0 Å². The molecule has 2 aromatic heterocycles. The third-order valence-corrected chi connectivity index (χ3v) is 5.16. The summed E-state index contributed by atoms with van der Waals surface area (Å²) in [6.07, 6.45) is 1.65. The molecule has 0 aliphatic carbocycles. The van der Waals surface area contributed by atoms with Crippen molar-refractivity contribution in [1.82, 2.24) is 14.3 Å². The molecule has 3 aromatic rings. The molecular formula is C22H22N4O3. The first-order valence-electron chi connectivity index (χ1n) is 9.62. The number of pyridine rings is 1.